The van der Waals surface area contributed by atoms with Gasteiger partial charge < -0.3 is 58.7 Å². The molecule has 0 aromatic heterocycles. The Morgan fingerprint density at radius 2 is 1.76 bits per heavy atom. The Kier molecular flexibility index (Phi) is 15.8. The second-order valence-corrected chi connectivity index (χ2v) is 17.3. The molecule has 5 rings (SSSR count). The predicted molar refractivity (Wildman–Crippen MR) is 203 cm³/mol. The minimum Gasteiger partial charge on any atom is -0.479 e. The van der Waals surface area contributed by atoms with Gasteiger partial charge >= 0.3 is 5.97 Å². The van der Waals surface area contributed by atoms with E-state index in [2.05, 4.69) is 40.3 Å². The molecular weight excluding hydrogens is 712 g/mol. The number of fused-ring (bicyclic) bond motifs is 1. The van der Waals surface area contributed by atoms with Crippen LogP contribution >= 0.6 is 0 Å². The van der Waals surface area contributed by atoms with E-state index in [1.54, 1.807) is 0 Å². The topological polar surface area (TPSA) is 183 Å². The number of aliphatic hydroxyl groups excluding tert-OH is 3. The van der Waals surface area contributed by atoms with Gasteiger partial charge in [-0.1, -0.05) is 59.8 Å². The highest BCUT2D eigenvalue weighted by atomic mass is 16.7. The lowest BCUT2D eigenvalue weighted by molar-refractivity contribution is -0.318. The molecule has 17 unspecified atom stereocenters. The summed E-state index contributed by atoms with van der Waals surface area (Å²) in [6.07, 6.45) is 5.48. The lowest BCUT2D eigenvalue weighted by Gasteiger charge is -2.49. The third-order valence-electron chi connectivity index (χ3n) is 12.5. The number of aliphatic hydroxyl groups is 4. The molecule has 0 bridgehead atoms. The van der Waals surface area contributed by atoms with Crippen LogP contribution in [0.4, 0.5) is 0 Å². The van der Waals surface area contributed by atoms with E-state index < -0.39 is 66.4 Å². The molecule has 316 valence electrons. The van der Waals surface area contributed by atoms with Crippen LogP contribution in [0.15, 0.2) is 24.3 Å². The maximum Gasteiger partial charge on any atom is 0.335 e. The molecule has 17 atom stereocenters. The van der Waals surface area contributed by atoms with Crippen molar-refractivity contribution in [3.05, 3.63) is 24.3 Å². The summed E-state index contributed by atoms with van der Waals surface area (Å²) in [4.78, 5) is 11.5. The van der Waals surface area contributed by atoms with Gasteiger partial charge in [-0.25, -0.2) is 4.79 Å². The smallest absolute Gasteiger partial charge is 0.335 e. The van der Waals surface area contributed by atoms with Crippen molar-refractivity contribution in [1.29, 1.82) is 0 Å². The molecule has 13 heteroatoms. The first-order valence-corrected chi connectivity index (χ1v) is 21.0. The normalized spacial score (nSPS) is 39.6. The van der Waals surface area contributed by atoms with Crippen molar-refractivity contribution in [2.75, 3.05) is 6.61 Å². The van der Waals surface area contributed by atoms with Crippen LogP contribution < -0.4 is 0 Å². The van der Waals surface area contributed by atoms with E-state index in [1.165, 1.54) is 6.92 Å². The quantitative estimate of drug-likeness (QED) is 0.122. The van der Waals surface area contributed by atoms with Gasteiger partial charge in [-0.2, -0.15) is 0 Å². The number of aliphatic carboxylic acids is 1. The summed E-state index contributed by atoms with van der Waals surface area (Å²) in [7, 11) is 0. The second-order valence-electron chi connectivity index (χ2n) is 17.3. The third kappa shape index (κ3) is 11.2. The molecule has 5 heterocycles. The van der Waals surface area contributed by atoms with Crippen molar-refractivity contribution in [2.24, 2.45) is 17.8 Å². The zero-order chi connectivity index (χ0) is 40.1. The van der Waals surface area contributed by atoms with E-state index in [4.69, 9.17) is 33.2 Å². The summed E-state index contributed by atoms with van der Waals surface area (Å²) in [6, 6.07) is 0. The molecular formula is C42H70O13. The van der Waals surface area contributed by atoms with Gasteiger partial charge in [-0.15, -0.1) is 0 Å². The molecule has 5 N–H and O–H groups in total. The van der Waals surface area contributed by atoms with Crippen LogP contribution in [0.1, 0.15) is 125 Å². The van der Waals surface area contributed by atoms with Crippen molar-refractivity contribution >= 4 is 5.97 Å². The fourth-order valence-electron chi connectivity index (χ4n) is 9.00. The molecule has 13 nitrogen and oxygen atoms in total. The molecule has 5 aliphatic rings. The van der Waals surface area contributed by atoms with E-state index in [-0.39, 0.29) is 42.9 Å². The highest BCUT2D eigenvalue weighted by Crippen LogP contribution is 2.46. The Hall–Kier alpha value is -1.49. The maximum absolute atomic E-state index is 11.5. The van der Waals surface area contributed by atoms with E-state index in [0.29, 0.717) is 56.6 Å². The Labute approximate surface area is 327 Å². The number of rotatable bonds is 17. The van der Waals surface area contributed by atoms with E-state index in [0.717, 1.165) is 38.5 Å². The van der Waals surface area contributed by atoms with Gasteiger partial charge in [0.1, 0.15) is 24.4 Å². The Bertz CT molecular complexity index is 1280. The number of ether oxygens (including phenoxy) is 7. The monoisotopic (exact) mass is 782 g/mol. The van der Waals surface area contributed by atoms with E-state index in [9.17, 15) is 30.3 Å². The molecule has 0 saturated carbocycles. The summed E-state index contributed by atoms with van der Waals surface area (Å²) < 4.78 is 44.1. The van der Waals surface area contributed by atoms with Crippen LogP contribution in [-0.2, 0) is 38.0 Å². The van der Waals surface area contributed by atoms with Gasteiger partial charge in [0.2, 0.25) is 0 Å². The Morgan fingerprint density at radius 3 is 2.45 bits per heavy atom. The molecule has 0 aromatic rings. The molecule has 55 heavy (non-hydrogen) atoms. The number of carbonyl (C=O) groups is 1. The minimum absolute atomic E-state index is 0.0342. The van der Waals surface area contributed by atoms with E-state index >= 15 is 0 Å². The highest BCUT2D eigenvalue weighted by Gasteiger charge is 2.54. The summed E-state index contributed by atoms with van der Waals surface area (Å²) in [5.74, 6) is -1.87. The molecule has 0 radical (unpaired) electrons. The van der Waals surface area contributed by atoms with Crippen molar-refractivity contribution in [2.45, 2.75) is 210 Å². The molecule has 1 spiro atoms. The van der Waals surface area contributed by atoms with Crippen LogP contribution in [-0.4, -0.2) is 123 Å². The zero-order valence-corrected chi connectivity index (χ0v) is 33.9. The number of carboxylic acids is 1. The molecule has 0 amide bonds. The van der Waals surface area contributed by atoms with Crippen molar-refractivity contribution < 1.29 is 63.5 Å². The average molecular weight is 783 g/mol. The fourth-order valence-corrected chi connectivity index (χ4v) is 9.00. The van der Waals surface area contributed by atoms with Crippen LogP contribution in [0.5, 0.6) is 0 Å². The third-order valence-corrected chi connectivity index (χ3v) is 12.5. The van der Waals surface area contributed by atoms with Gasteiger partial charge in [0, 0.05) is 37.7 Å². The van der Waals surface area contributed by atoms with Crippen LogP contribution in [0.2, 0.25) is 0 Å². The largest absolute Gasteiger partial charge is 0.479 e. The second kappa shape index (κ2) is 19.5. The predicted octanol–water partition coefficient (Wildman–Crippen LogP) is 5.15. The van der Waals surface area contributed by atoms with Gasteiger partial charge in [0.25, 0.3) is 0 Å². The van der Waals surface area contributed by atoms with Crippen molar-refractivity contribution in [3.8, 4) is 0 Å². The molecule has 0 aliphatic carbocycles. The summed E-state index contributed by atoms with van der Waals surface area (Å²) in [5, 5.41) is 53.2. The number of carboxylic acid groups (broad SMARTS) is 1. The molecule has 0 aromatic carbocycles. The molecule has 5 aliphatic heterocycles. The van der Waals surface area contributed by atoms with Crippen molar-refractivity contribution in [1.82, 2.24) is 0 Å². The maximum atomic E-state index is 11.5. The van der Waals surface area contributed by atoms with E-state index in [1.807, 2.05) is 13.0 Å². The number of hydrogen-bond donors (Lipinski definition) is 5. The van der Waals surface area contributed by atoms with Crippen LogP contribution in [0.25, 0.3) is 0 Å². The Morgan fingerprint density at radius 1 is 1.04 bits per heavy atom. The van der Waals surface area contributed by atoms with Gasteiger partial charge in [0.05, 0.1) is 36.6 Å². The minimum atomic E-state index is -1.93. The summed E-state index contributed by atoms with van der Waals surface area (Å²) in [6.45, 7) is 16.5. The molecule has 5 fully saturated rings. The Balaban J connectivity index is 1.12. The fraction of sp³-hybridized carbons (Fsp3) is 0.881. The zero-order valence-electron chi connectivity index (χ0n) is 33.9. The van der Waals surface area contributed by atoms with Crippen molar-refractivity contribution in [3.63, 3.8) is 0 Å². The van der Waals surface area contributed by atoms with Gasteiger partial charge in [0.15, 0.2) is 24.0 Å². The lowest BCUT2D eigenvalue weighted by atomic mass is 9.83. The highest BCUT2D eigenvalue weighted by molar-refractivity contribution is 5.76. The first kappa shape index (κ1) is 44.6. The summed E-state index contributed by atoms with van der Waals surface area (Å²) >= 11 is 0. The van der Waals surface area contributed by atoms with Gasteiger partial charge in [-0.05, 0) is 76.2 Å². The standard InChI is InChI=1S/C42H70O13/c1-8-11-33(53-39-30(43)16-15-29(50-39)23-41(7,48)40(46)47)24(3)13-14-28-17-19-42(54-28)20-18-34-37(55-42)35(45)27(6)36(51-34)31(44)22-26(5)32(9-2)52-38-25(4)12-10-21-49-38/h13-14,24-26,28-39,43-45,48H,6,8-12,15-23H2,1-5,7H3,(H,46,47)/b14-13+. The van der Waals surface area contributed by atoms with Crippen LogP contribution in [0.3, 0.4) is 0 Å². The number of hydrogen-bond acceptors (Lipinski definition) is 12. The average Bonchev–Trinajstić information content (AvgIpc) is 3.54. The first-order valence-electron chi connectivity index (χ1n) is 21.0. The summed E-state index contributed by atoms with van der Waals surface area (Å²) in [5.41, 5.74) is -1.53. The molecule has 5 saturated heterocycles. The SMILES string of the molecule is C=C1C(O)C2OC3(CCC(/C=C/C(C)C(CCC)OC4OC(CC(C)(O)C(=O)O)CCC4O)O3)CCC2OC1C(O)CC(C)C(CC)OC1OCCCC1C. The first-order chi connectivity index (χ1) is 26.1. The lowest BCUT2D eigenvalue weighted by Crippen LogP contribution is -2.60. The van der Waals surface area contributed by atoms with Crippen LogP contribution in [0, 0.1) is 17.8 Å². The van der Waals surface area contributed by atoms with Gasteiger partial charge in [-0.3, -0.25) is 0 Å².